The number of anilines is 1. The summed E-state index contributed by atoms with van der Waals surface area (Å²) in [5, 5.41) is 6.34. The average molecular weight is 377 g/mol. The normalized spacial score (nSPS) is 13.8. The van der Waals surface area contributed by atoms with Gasteiger partial charge in [0.1, 0.15) is 0 Å². The van der Waals surface area contributed by atoms with E-state index in [2.05, 4.69) is 15.6 Å². The fraction of sp³-hybridized carbons (Fsp3) is 0.190. The van der Waals surface area contributed by atoms with E-state index in [0.717, 1.165) is 34.2 Å². The molecule has 1 aliphatic rings. The van der Waals surface area contributed by atoms with Crippen molar-refractivity contribution in [2.24, 2.45) is 0 Å². The minimum Gasteiger partial charge on any atom is -0.349 e. The van der Waals surface area contributed by atoms with Crippen LogP contribution in [-0.4, -0.2) is 22.8 Å². The van der Waals surface area contributed by atoms with Crippen molar-refractivity contribution in [2.75, 3.05) is 5.32 Å². The highest BCUT2D eigenvalue weighted by atomic mass is 32.1. The minimum atomic E-state index is -0.234. The Morgan fingerprint density at radius 3 is 2.63 bits per heavy atom. The Morgan fingerprint density at radius 2 is 1.93 bits per heavy atom. The molecule has 136 valence electrons. The molecule has 0 atom stereocenters. The summed E-state index contributed by atoms with van der Waals surface area (Å²) in [5.41, 5.74) is 3.49. The minimum absolute atomic E-state index is 0.0445. The largest absolute Gasteiger partial charge is 0.349 e. The fourth-order valence-corrected chi connectivity index (χ4v) is 3.65. The van der Waals surface area contributed by atoms with Gasteiger partial charge in [-0.3, -0.25) is 14.9 Å². The van der Waals surface area contributed by atoms with E-state index in [4.69, 9.17) is 0 Å². The summed E-state index contributed by atoms with van der Waals surface area (Å²) in [7, 11) is 0. The van der Waals surface area contributed by atoms with Gasteiger partial charge in [0.15, 0.2) is 5.13 Å². The first-order valence-electron chi connectivity index (χ1n) is 8.84. The van der Waals surface area contributed by atoms with Crippen molar-refractivity contribution in [1.29, 1.82) is 0 Å². The van der Waals surface area contributed by atoms with Crippen LogP contribution in [0.4, 0.5) is 5.13 Å². The highest BCUT2D eigenvalue weighted by molar-refractivity contribution is 7.22. The number of hydrogen-bond donors (Lipinski definition) is 2. The molecule has 2 aromatic carbocycles. The molecule has 0 aliphatic heterocycles. The summed E-state index contributed by atoms with van der Waals surface area (Å²) in [6, 6.07) is 13.5. The van der Waals surface area contributed by atoms with Gasteiger partial charge in [-0.2, -0.15) is 0 Å². The Morgan fingerprint density at radius 1 is 1.15 bits per heavy atom. The van der Waals surface area contributed by atoms with Gasteiger partial charge < -0.3 is 5.32 Å². The van der Waals surface area contributed by atoms with Gasteiger partial charge in [-0.05, 0) is 55.2 Å². The van der Waals surface area contributed by atoms with Crippen LogP contribution in [0.25, 0.3) is 16.3 Å². The number of fused-ring (bicyclic) bond motifs is 1. The molecule has 27 heavy (non-hydrogen) atoms. The second kappa shape index (κ2) is 7.32. The molecule has 2 amide bonds. The molecule has 0 bridgehead atoms. The Labute approximate surface area is 161 Å². The van der Waals surface area contributed by atoms with Gasteiger partial charge in [-0.1, -0.05) is 35.6 Å². The van der Waals surface area contributed by atoms with E-state index < -0.39 is 0 Å². The molecule has 5 nitrogen and oxygen atoms in total. The third-order valence-electron chi connectivity index (χ3n) is 4.36. The van der Waals surface area contributed by atoms with Crippen molar-refractivity contribution in [3.8, 4) is 0 Å². The zero-order valence-electron chi connectivity index (χ0n) is 14.9. The number of nitrogens with one attached hydrogen (secondary N) is 2. The molecule has 1 heterocycles. The summed E-state index contributed by atoms with van der Waals surface area (Å²) < 4.78 is 1.05. The smallest absolute Gasteiger partial charge is 0.251 e. The third-order valence-corrected chi connectivity index (χ3v) is 5.30. The van der Waals surface area contributed by atoms with Crippen LogP contribution >= 0.6 is 11.3 Å². The van der Waals surface area contributed by atoms with Crippen LogP contribution in [0.15, 0.2) is 48.5 Å². The van der Waals surface area contributed by atoms with E-state index in [1.165, 1.54) is 17.4 Å². The maximum Gasteiger partial charge on any atom is 0.251 e. The zero-order valence-corrected chi connectivity index (χ0v) is 15.7. The number of para-hydroxylation sites is 1. The van der Waals surface area contributed by atoms with Crippen molar-refractivity contribution in [3.05, 3.63) is 65.2 Å². The quantitative estimate of drug-likeness (QED) is 0.656. The highest BCUT2D eigenvalue weighted by Crippen LogP contribution is 2.27. The number of carbonyl (C=O) groups is 2. The third kappa shape index (κ3) is 4.23. The van der Waals surface area contributed by atoms with Crippen LogP contribution in [0.3, 0.4) is 0 Å². The molecule has 1 saturated carbocycles. The SMILES string of the molecule is Cc1cccc2sc(NC(=O)/C=C/c3ccc(C(=O)NC4CC4)cc3)nc12. The van der Waals surface area contributed by atoms with E-state index in [9.17, 15) is 9.59 Å². The number of nitrogens with zero attached hydrogens (tertiary/aromatic N) is 1. The lowest BCUT2D eigenvalue weighted by molar-refractivity contribution is -0.111. The van der Waals surface area contributed by atoms with Crippen molar-refractivity contribution >= 4 is 44.6 Å². The van der Waals surface area contributed by atoms with Crippen molar-refractivity contribution in [3.63, 3.8) is 0 Å². The predicted octanol–water partition coefficient (Wildman–Crippen LogP) is 4.15. The zero-order chi connectivity index (χ0) is 18.8. The van der Waals surface area contributed by atoms with Crippen LogP contribution in [0.2, 0.25) is 0 Å². The van der Waals surface area contributed by atoms with Gasteiger partial charge in [0.05, 0.1) is 10.2 Å². The summed E-state index contributed by atoms with van der Waals surface area (Å²) in [6.45, 7) is 2.00. The van der Waals surface area contributed by atoms with Crippen molar-refractivity contribution in [2.45, 2.75) is 25.8 Å². The predicted molar refractivity (Wildman–Crippen MR) is 109 cm³/mol. The number of carbonyl (C=O) groups excluding carboxylic acids is 2. The number of rotatable bonds is 5. The standard InChI is InChI=1S/C21H19N3O2S/c1-13-3-2-4-17-19(13)24-21(27-17)23-18(25)12-7-14-5-8-15(9-6-14)20(26)22-16-10-11-16/h2-9,12,16H,10-11H2,1H3,(H,22,26)(H,23,24,25)/b12-7+. The van der Waals surface area contributed by atoms with E-state index >= 15 is 0 Å². The maximum atomic E-state index is 12.2. The molecule has 2 N–H and O–H groups in total. The van der Waals surface area contributed by atoms with Crippen molar-refractivity contribution in [1.82, 2.24) is 10.3 Å². The van der Waals surface area contributed by atoms with Crippen LogP contribution in [0.1, 0.15) is 34.3 Å². The number of hydrogen-bond acceptors (Lipinski definition) is 4. The molecule has 1 aliphatic carbocycles. The summed E-state index contributed by atoms with van der Waals surface area (Å²) >= 11 is 1.46. The molecule has 0 radical (unpaired) electrons. The Balaban J connectivity index is 1.38. The number of thiazole rings is 1. The van der Waals surface area contributed by atoms with E-state index in [-0.39, 0.29) is 11.8 Å². The molecule has 4 rings (SSSR count). The second-order valence-corrected chi connectivity index (χ2v) is 7.66. The van der Waals surface area contributed by atoms with E-state index in [0.29, 0.717) is 16.7 Å². The molecule has 0 spiro atoms. The van der Waals surface area contributed by atoms with Crippen molar-refractivity contribution < 1.29 is 9.59 Å². The van der Waals surface area contributed by atoms with Crippen LogP contribution in [0.5, 0.6) is 0 Å². The van der Waals surface area contributed by atoms with Crippen LogP contribution < -0.4 is 10.6 Å². The number of aryl methyl sites for hydroxylation is 1. The molecule has 3 aromatic rings. The molecule has 0 unspecified atom stereocenters. The molecule has 6 heteroatoms. The number of benzene rings is 2. The van der Waals surface area contributed by atoms with Crippen LogP contribution in [0, 0.1) is 6.92 Å². The summed E-state index contributed by atoms with van der Waals surface area (Å²) in [5.74, 6) is -0.279. The molecular formula is C21H19N3O2S. The van der Waals surface area contributed by atoms with Gasteiger partial charge in [0.25, 0.3) is 5.91 Å². The maximum absolute atomic E-state index is 12.2. The van der Waals surface area contributed by atoms with E-state index in [1.807, 2.05) is 37.3 Å². The Hall–Kier alpha value is -2.99. The topological polar surface area (TPSA) is 71.1 Å². The number of aromatic nitrogens is 1. The summed E-state index contributed by atoms with van der Waals surface area (Å²) in [6.07, 6.45) is 5.32. The lowest BCUT2D eigenvalue weighted by atomic mass is 10.1. The number of amides is 2. The van der Waals surface area contributed by atoms with Crippen LogP contribution in [-0.2, 0) is 4.79 Å². The monoisotopic (exact) mass is 377 g/mol. The molecular weight excluding hydrogens is 358 g/mol. The Bertz CT molecular complexity index is 1030. The van der Waals surface area contributed by atoms with Gasteiger partial charge in [-0.15, -0.1) is 0 Å². The first-order chi connectivity index (χ1) is 13.1. The van der Waals surface area contributed by atoms with E-state index in [1.54, 1.807) is 18.2 Å². The summed E-state index contributed by atoms with van der Waals surface area (Å²) in [4.78, 5) is 28.6. The first kappa shape index (κ1) is 17.4. The lowest BCUT2D eigenvalue weighted by Crippen LogP contribution is -2.25. The second-order valence-electron chi connectivity index (χ2n) is 6.63. The first-order valence-corrected chi connectivity index (χ1v) is 9.66. The molecule has 1 aromatic heterocycles. The molecule has 0 saturated heterocycles. The lowest BCUT2D eigenvalue weighted by Gasteiger charge is -2.03. The highest BCUT2D eigenvalue weighted by Gasteiger charge is 2.23. The fourth-order valence-electron chi connectivity index (χ4n) is 2.70. The van der Waals surface area contributed by atoms with Gasteiger partial charge in [0, 0.05) is 17.7 Å². The average Bonchev–Trinajstić information content (AvgIpc) is 3.37. The van der Waals surface area contributed by atoms with Gasteiger partial charge >= 0.3 is 0 Å². The van der Waals surface area contributed by atoms with Gasteiger partial charge in [0.2, 0.25) is 5.91 Å². The van der Waals surface area contributed by atoms with Gasteiger partial charge in [-0.25, -0.2) is 4.98 Å². The molecule has 1 fully saturated rings. The Kier molecular flexibility index (Phi) is 4.73.